The minimum atomic E-state index is -0.408. The van der Waals surface area contributed by atoms with E-state index in [1.54, 1.807) is 6.20 Å². The zero-order valence-electron chi connectivity index (χ0n) is 7.58. The number of hydrogen-bond donors (Lipinski definition) is 1. The summed E-state index contributed by atoms with van der Waals surface area (Å²) in [4.78, 5) is 8.17. The summed E-state index contributed by atoms with van der Waals surface area (Å²) in [7, 11) is 0. The number of hydrogen-bond acceptors (Lipinski definition) is 3. The van der Waals surface area contributed by atoms with Crippen LogP contribution < -0.4 is 5.32 Å². The molecular weight excluding hydrogens is 221 g/mol. The van der Waals surface area contributed by atoms with Crippen molar-refractivity contribution in [3.63, 3.8) is 0 Å². The van der Waals surface area contributed by atoms with Crippen molar-refractivity contribution in [1.82, 2.24) is 9.97 Å². The first kappa shape index (κ1) is 9.99. The van der Waals surface area contributed by atoms with Gasteiger partial charge in [0.15, 0.2) is 0 Å². The van der Waals surface area contributed by atoms with Gasteiger partial charge in [-0.25, -0.2) is 9.97 Å². The molecule has 1 aromatic heterocycles. The lowest BCUT2D eigenvalue weighted by atomic mass is 10.4. The number of halogens is 2. The monoisotopic (exact) mass is 231 g/mol. The lowest BCUT2D eigenvalue weighted by Crippen LogP contribution is -2.10. The highest BCUT2D eigenvalue weighted by Gasteiger charge is 2.26. The van der Waals surface area contributed by atoms with Crippen LogP contribution in [0, 0.1) is 0 Å². The summed E-state index contributed by atoms with van der Waals surface area (Å²) < 4.78 is 0. The summed E-state index contributed by atoms with van der Waals surface area (Å²) in [5.41, 5.74) is 0. The minimum absolute atomic E-state index is 0.408. The molecule has 14 heavy (non-hydrogen) atoms. The van der Waals surface area contributed by atoms with Crippen LogP contribution in [0.5, 0.6) is 0 Å². The zero-order chi connectivity index (χ0) is 9.97. The number of alkyl halides is 2. The van der Waals surface area contributed by atoms with E-state index in [1.807, 2.05) is 6.07 Å². The van der Waals surface area contributed by atoms with Gasteiger partial charge in [0.1, 0.15) is 16.5 Å². The number of rotatable bonds is 4. The maximum Gasteiger partial charge on any atom is 0.133 e. The molecule has 1 aliphatic carbocycles. The highest BCUT2D eigenvalue weighted by Crippen LogP contribution is 2.37. The fraction of sp³-hybridized carbons (Fsp3) is 0.556. The van der Waals surface area contributed by atoms with Crippen molar-refractivity contribution in [2.45, 2.75) is 23.6 Å². The van der Waals surface area contributed by atoms with E-state index in [0.29, 0.717) is 12.5 Å². The van der Waals surface area contributed by atoms with E-state index in [4.69, 9.17) is 23.2 Å². The molecular formula is C9H11Cl2N3. The molecule has 0 spiro atoms. The van der Waals surface area contributed by atoms with Crippen molar-refractivity contribution in [1.29, 1.82) is 0 Å². The Morgan fingerprint density at radius 1 is 1.50 bits per heavy atom. The molecule has 0 amide bonds. The Labute approximate surface area is 92.8 Å². The predicted octanol–water partition coefficient (Wildman–Crippen LogP) is 2.57. The quantitative estimate of drug-likeness (QED) is 0.810. The third-order valence-electron chi connectivity index (χ3n) is 2.05. The molecule has 76 valence electrons. The van der Waals surface area contributed by atoms with Crippen molar-refractivity contribution >= 4 is 29.0 Å². The summed E-state index contributed by atoms with van der Waals surface area (Å²) in [6.45, 7) is 0.504. The van der Waals surface area contributed by atoms with Gasteiger partial charge in [-0.1, -0.05) is 0 Å². The topological polar surface area (TPSA) is 37.8 Å². The largest absolute Gasteiger partial charge is 0.367 e. The van der Waals surface area contributed by atoms with E-state index in [9.17, 15) is 0 Å². The Morgan fingerprint density at radius 2 is 2.29 bits per heavy atom. The molecule has 0 aromatic carbocycles. The Hall–Kier alpha value is -0.540. The molecule has 3 nitrogen and oxygen atoms in total. The second kappa shape index (κ2) is 4.32. The van der Waals surface area contributed by atoms with Gasteiger partial charge in [0, 0.05) is 18.7 Å². The molecule has 1 aromatic rings. The van der Waals surface area contributed by atoms with E-state index in [0.717, 1.165) is 11.6 Å². The van der Waals surface area contributed by atoms with Crippen LogP contribution in [0.2, 0.25) is 0 Å². The van der Waals surface area contributed by atoms with Crippen LogP contribution in [0.1, 0.15) is 24.6 Å². The van der Waals surface area contributed by atoms with Gasteiger partial charge in [-0.15, -0.1) is 23.2 Å². The Bertz CT molecular complexity index is 313. The van der Waals surface area contributed by atoms with Crippen molar-refractivity contribution < 1.29 is 0 Å². The highest BCUT2D eigenvalue weighted by molar-refractivity contribution is 6.44. The van der Waals surface area contributed by atoms with Crippen LogP contribution in [-0.4, -0.2) is 21.3 Å². The van der Waals surface area contributed by atoms with Gasteiger partial charge >= 0.3 is 0 Å². The molecule has 0 bridgehead atoms. The molecule has 1 heterocycles. The average Bonchev–Trinajstić information content (AvgIpc) is 2.98. The molecule has 2 rings (SSSR count). The molecule has 0 unspecified atom stereocenters. The molecule has 0 atom stereocenters. The SMILES string of the molecule is ClC(Cl)CNc1ccnc(C2CC2)n1. The first-order valence-electron chi connectivity index (χ1n) is 4.60. The van der Waals surface area contributed by atoms with Crippen LogP contribution >= 0.6 is 23.2 Å². The Kier molecular flexibility index (Phi) is 3.08. The van der Waals surface area contributed by atoms with Gasteiger partial charge in [-0.05, 0) is 18.9 Å². The van der Waals surface area contributed by atoms with Crippen LogP contribution in [0.3, 0.4) is 0 Å². The Morgan fingerprint density at radius 3 is 2.93 bits per heavy atom. The second-order valence-corrected chi connectivity index (χ2v) is 4.62. The van der Waals surface area contributed by atoms with E-state index in [-0.39, 0.29) is 0 Å². The fourth-order valence-electron chi connectivity index (χ4n) is 1.19. The van der Waals surface area contributed by atoms with Crippen molar-refractivity contribution in [2.24, 2.45) is 0 Å². The van der Waals surface area contributed by atoms with Gasteiger partial charge in [-0.2, -0.15) is 0 Å². The third-order valence-corrected chi connectivity index (χ3v) is 2.36. The number of nitrogens with one attached hydrogen (secondary N) is 1. The third kappa shape index (κ3) is 2.72. The standard InChI is InChI=1S/C9H11Cl2N3/c10-7(11)5-13-8-3-4-12-9(14-8)6-1-2-6/h3-4,6-7H,1-2,5H2,(H,12,13,14). The number of anilines is 1. The maximum absolute atomic E-state index is 5.60. The predicted molar refractivity (Wildman–Crippen MR) is 58.0 cm³/mol. The van der Waals surface area contributed by atoms with E-state index >= 15 is 0 Å². The van der Waals surface area contributed by atoms with Crippen LogP contribution in [0.25, 0.3) is 0 Å². The lowest BCUT2D eigenvalue weighted by molar-refractivity contribution is 0.922. The summed E-state index contributed by atoms with van der Waals surface area (Å²) >= 11 is 11.2. The van der Waals surface area contributed by atoms with Crippen LogP contribution in [-0.2, 0) is 0 Å². The normalized spacial score (nSPS) is 15.9. The van der Waals surface area contributed by atoms with Crippen molar-refractivity contribution in [2.75, 3.05) is 11.9 Å². The molecule has 5 heteroatoms. The average molecular weight is 232 g/mol. The second-order valence-electron chi connectivity index (χ2n) is 3.35. The maximum atomic E-state index is 5.60. The van der Waals surface area contributed by atoms with Crippen molar-refractivity contribution in [3.05, 3.63) is 18.1 Å². The van der Waals surface area contributed by atoms with E-state index in [2.05, 4.69) is 15.3 Å². The van der Waals surface area contributed by atoms with Gasteiger partial charge in [0.05, 0.1) is 0 Å². The number of aromatic nitrogens is 2. The Balaban J connectivity index is 1.99. The van der Waals surface area contributed by atoms with Gasteiger partial charge in [0.2, 0.25) is 0 Å². The molecule has 0 saturated heterocycles. The smallest absolute Gasteiger partial charge is 0.133 e. The first-order valence-corrected chi connectivity index (χ1v) is 5.48. The molecule has 0 aliphatic heterocycles. The fourth-order valence-corrected chi connectivity index (χ4v) is 1.35. The molecule has 1 fully saturated rings. The van der Waals surface area contributed by atoms with Crippen LogP contribution in [0.15, 0.2) is 12.3 Å². The van der Waals surface area contributed by atoms with Gasteiger partial charge in [-0.3, -0.25) is 0 Å². The van der Waals surface area contributed by atoms with Crippen LogP contribution in [0.4, 0.5) is 5.82 Å². The van der Waals surface area contributed by atoms with E-state index < -0.39 is 4.84 Å². The van der Waals surface area contributed by atoms with Crippen molar-refractivity contribution in [3.8, 4) is 0 Å². The molecule has 0 radical (unpaired) electrons. The summed E-state index contributed by atoms with van der Waals surface area (Å²) in [6.07, 6.45) is 4.18. The zero-order valence-corrected chi connectivity index (χ0v) is 9.09. The summed E-state index contributed by atoms with van der Waals surface area (Å²) in [5, 5.41) is 3.05. The van der Waals surface area contributed by atoms with Gasteiger partial charge in [0.25, 0.3) is 0 Å². The lowest BCUT2D eigenvalue weighted by Gasteiger charge is -2.06. The number of nitrogens with zero attached hydrogens (tertiary/aromatic N) is 2. The highest BCUT2D eigenvalue weighted by atomic mass is 35.5. The molecule has 1 N–H and O–H groups in total. The summed E-state index contributed by atoms with van der Waals surface area (Å²) in [6, 6.07) is 1.82. The molecule has 1 aliphatic rings. The van der Waals surface area contributed by atoms with Gasteiger partial charge < -0.3 is 5.32 Å². The molecule has 1 saturated carbocycles. The summed E-state index contributed by atoms with van der Waals surface area (Å²) in [5.74, 6) is 2.29. The first-order chi connectivity index (χ1) is 6.75. The minimum Gasteiger partial charge on any atom is -0.367 e. The van der Waals surface area contributed by atoms with E-state index in [1.165, 1.54) is 12.8 Å².